The van der Waals surface area contributed by atoms with E-state index in [2.05, 4.69) is 15.4 Å². The number of rotatable bonds is 7. The number of amides is 4. The number of nitrogens with one attached hydrogen (secondary N) is 3. The first kappa shape index (κ1) is 20.8. The number of esters is 1. The maximum absolute atomic E-state index is 12.2. The van der Waals surface area contributed by atoms with E-state index in [0.29, 0.717) is 0 Å². The molecule has 0 saturated carbocycles. The van der Waals surface area contributed by atoms with E-state index in [1.165, 1.54) is 32.2 Å². The number of carbonyl (C=O) groups is 4. The second-order valence-electron chi connectivity index (χ2n) is 4.79. The van der Waals surface area contributed by atoms with Gasteiger partial charge in [-0.25, -0.2) is 4.79 Å². The fourth-order valence-corrected chi connectivity index (χ4v) is 1.64. The van der Waals surface area contributed by atoms with Gasteiger partial charge in [0.25, 0.3) is 11.8 Å². The van der Waals surface area contributed by atoms with Gasteiger partial charge in [-0.15, -0.1) is 0 Å². The van der Waals surface area contributed by atoms with Crippen molar-refractivity contribution in [1.82, 2.24) is 16.0 Å². The van der Waals surface area contributed by atoms with Gasteiger partial charge in [0.2, 0.25) is 0 Å². The van der Waals surface area contributed by atoms with Crippen LogP contribution in [-0.2, 0) is 14.3 Å². The molecule has 1 aromatic carbocycles. The predicted molar refractivity (Wildman–Crippen MR) is 83.6 cm³/mol. The number of ether oxygens (including phenoxy) is 2. The molecule has 0 radical (unpaired) electrons. The molecule has 1 unspecified atom stereocenters. The lowest BCUT2D eigenvalue weighted by Crippen LogP contribution is -2.44. The van der Waals surface area contributed by atoms with E-state index in [1.807, 2.05) is 5.32 Å². The second-order valence-corrected chi connectivity index (χ2v) is 4.79. The average molecular weight is 373 g/mol. The molecule has 11 heteroatoms. The number of hydrogen-bond donors (Lipinski definition) is 3. The van der Waals surface area contributed by atoms with Crippen molar-refractivity contribution in [3.05, 3.63) is 29.8 Å². The number of halogens is 2. The number of benzene rings is 1. The van der Waals surface area contributed by atoms with Gasteiger partial charge in [0.05, 0.1) is 0 Å². The molecular formula is C15H17F2N3O6. The number of imide groups is 1. The van der Waals surface area contributed by atoms with Crippen molar-refractivity contribution in [3.8, 4) is 5.75 Å². The number of urea groups is 1. The van der Waals surface area contributed by atoms with Crippen molar-refractivity contribution in [2.45, 2.75) is 19.6 Å². The SMILES string of the molecule is CNC(=O)NC(=O)C(C)OC(=O)CNC(=O)c1cccc(OC(F)F)c1. The Morgan fingerprint density at radius 1 is 1.19 bits per heavy atom. The average Bonchev–Trinajstić information content (AvgIpc) is 2.58. The van der Waals surface area contributed by atoms with Gasteiger partial charge in [-0.3, -0.25) is 19.7 Å². The Morgan fingerprint density at radius 2 is 1.88 bits per heavy atom. The summed E-state index contributed by atoms with van der Waals surface area (Å²) in [6.45, 7) is -2.37. The van der Waals surface area contributed by atoms with Crippen LogP contribution in [0.5, 0.6) is 5.75 Å². The third-order valence-electron chi connectivity index (χ3n) is 2.86. The maximum atomic E-state index is 12.2. The van der Waals surface area contributed by atoms with Crippen LogP contribution < -0.4 is 20.7 Å². The summed E-state index contributed by atoms with van der Waals surface area (Å²) in [7, 11) is 1.30. The molecule has 0 fully saturated rings. The molecule has 26 heavy (non-hydrogen) atoms. The highest BCUT2D eigenvalue weighted by Gasteiger charge is 2.20. The molecule has 142 valence electrons. The summed E-state index contributed by atoms with van der Waals surface area (Å²) in [5, 5.41) is 6.28. The van der Waals surface area contributed by atoms with Crippen LogP contribution in [0.4, 0.5) is 13.6 Å². The normalized spacial score (nSPS) is 11.3. The maximum Gasteiger partial charge on any atom is 0.387 e. The Balaban J connectivity index is 2.50. The highest BCUT2D eigenvalue weighted by atomic mass is 19.3. The summed E-state index contributed by atoms with van der Waals surface area (Å²) in [6.07, 6.45) is -1.26. The van der Waals surface area contributed by atoms with Crippen molar-refractivity contribution in [3.63, 3.8) is 0 Å². The molecule has 1 rings (SSSR count). The highest BCUT2D eigenvalue weighted by molar-refractivity contribution is 5.98. The van der Waals surface area contributed by atoms with Gasteiger partial charge in [-0.2, -0.15) is 8.78 Å². The van der Waals surface area contributed by atoms with E-state index in [4.69, 9.17) is 4.74 Å². The van der Waals surface area contributed by atoms with E-state index < -0.39 is 43.1 Å². The van der Waals surface area contributed by atoms with Crippen molar-refractivity contribution < 1.29 is 37.4 Å². The Bertz CT molecular complexity index is 683. The summed E-state index contributed by atoms with van der Waals surface area (Å²) in [5.74, 6) is -2.72. The van der Waals surface area contributed by atoms with Crippen LogP contribution >= 0.6 is 0 Å². The summed E-state index contributed by atoms with van der Waals surface area (Å²) in [5.41, 5.74) is -0.0126. The van der Waals surface area contributed by atoms with Crippen LogP contribution in [-0.4, -0.2) is 50.1 Å². The number of alkyl halides is 2. The van der Waals surface area contributed by atoms with Gasteiger partial charge < -0.3 is 20.1 Å². The third-order valence-corrected chi connectivity index (χ3v) is 2.86. The summed E-state index contributed by atoms with van der Waals surface area (Å²) < 4.78 is 33.2. The molecule has 0 aliphatic rings. The van der Waals surface area contributed by atoms with E-state index in [-0.39, 0.29) is 11.3 Å². The lowest BCUT2D eigenvalue weighted by Gasteiger charge is -2.13. The zero-order valence-corrected chi connectivity index (χ0v) is 13.9. The first-order valence-electron chi connectivity index (χ1n) is 7.28. The minimum absolute atomic E-state index is 0.0126. The Labute approximate surface area is 147 Å². The van der Waals surface area contributed by atoms with Crippen LogP contribution in [0.1, 0.15) is 17.3 Å². The molecule has 3 N–H and O–H groups in total. The fraction of sp³-hybridized carbons (Fsp3) is 0.333. The predicted octanol–water partition coefficient (Wildman–Crippen LogP) is 0.405. The summed E-state index contributed by atoms with van der Waals surface area (Å²) in [6, 6.07) is 4.21. The van der Waals surface area contributed by atoms with Crippen LogP contribution in [0.15, 0.2) is 24.3 Å². The molecule has 1 aromatic rings. The van der Waals surface area contributed by atoms with Gasteiger partial charge in [0, 0.05) is 12.6 Å². The first-order chi connectivity index (χ1) is 12.2. The van der Waals surface area contributed by atoms with E-state index in [1.54, 1.807) is 0 Å². The minimum Gasteiger partial charge on any atom is -0.451 e. The topological polar surface area (TPSA) is 123 Å². The zero-order chi connectivity index (χ0) is 19.7. The molecule has 9 nitrogen and oxygen atoms in total. The van der Waals surface area contributed by atoms with Crippen LogP contribution in [0.25, 0.3) is 0 Å². The van der Waals surface area contributed by atoms with Gasteiger partial charge in [0.15, 0.2) is 6.10 Å². The molecule has 1 atom stereocenters. The molecule has 0 aromatic heterocycles. The molecule has 0 heterocycles. The van der Waals surface area contributed by atoms with Gasteiger partial charge in [0.1, 0.15) is 12.3 Å². The molecule has 0 spiro atoms. The summed E-state index contributed by atoms with van der Waals surface area (Å²) >= 11 is 0. The molecule has 4 amide bonds. The van der Waals surface area contributed by atoms with E-state index >= 15 is 0 Å². The van der Waals surface area contributed by atoms with E-state index in [9.17, 15) is 28.0 Å². The molecule has 0 bridgehead atoms. The second kappa shape index (κ2) is 9.91. The number of hydrogen-bond acceptors (Lipinski definition) is 6. The van der Waals surface area contributed by atoms with Crippen molar-refractivity contribution in [1.29, 1.82) is 0 Å². The molecule has 0 saturated heterocycles. The zero-order valence-electron chi connectivity index (χ0n) is 13.9. The van der Waals surface area contributed by atoms with Crippen LogP contribution in [0, 0.1) is 0 Å². The fourth-order valence-electron chi connectivity index (χ4n) is 1.64. The molecular weight excluding hydrogens is 356 g/mol. The van der Waals surface area contributed by atoms with Crippen molar-refractivity contribution in [2.75, 3.05) is 13.6 Å². The minimum atomic E-state index is -3.04. The van der Waals surface area contributed by atoms with Crippen molar-refractivity contribution in [2.24, 2.45) is 0 Å². The van der Waals surface area contributed by atoms with Gasteiger partial charge in [-0.1, -0.05) is 6.07 Å². The van der Waals surface area contributed by atoms with Crippen LogP contribution in [0.3, 0.4) is 0 Å². The Hall–Kier alpha value is -3.24. The molecule has 0 aliphatic heterocycles. The quantitative estimate of drug-likeness (QED) is 0.595. The largest absolute Gasteiger partial charge is 0.451 e. The molecule has 0 aliphatic carbocycles. The Morgan fingerprint density at radius 3 is 2.50 bits per heavy atom. The van der Waals surface area contributed by atoms with Gasteiger partial charge in [-0.05, 0) is 25.1 Å². The monoisotopic (exact) mass is 373 g/mol. The summed E-state index contributed by atoms with van der Waals surface area (Å²) in [4.78, 5) is 46.0. The lowest BCUT2D eigenvalue weighted by molar-refractivity contribution is -0.153. The number of carbonyl (C=O) groups excluding carboxylic acids is 4. The standard InChI is InChI=1S/C15H17F2N3O6/c1-8(12(22)20-15(24)18-2)25-11(21)7-19-13(23)9-4-3-5-10(6-9)26-14(16)17/h3-6,8,14H,7H2,1-2H3,(H,19,23)(H2,18,20,22,24). The Kier molecular flexibility index (Phi) is 7.93. The van der Waals surface area contributed by atoms with E-state index in [0.717, 1.165) is 6.07 Å². The highest BCUT2D eigenvalue weighted by Crippen LogP contribution is 2.15. The third kappa shape index (κ3) is 7.11. The van der Waals surface area contributed by atoms with Crippen molar-refractivity contribution >= 4 is 23.8 Å². The van der Waals surface area contributed by atoms with Crippen LogP contribution in [0.2, 0.25) is 0 Å². The van der Waals surface area contributed by atoms with Gasteiger partial charge >= 0.3 is 18.6 Å². The first-order valence-corrected chi connectivity index (χ1v) is 7.28. The lowest BCUT2D eigenvalue weighted by atomic mass is 10.2. The smallest absolute Gasteiger partial charge is 0.387 e.